The van der Waals surface area contributed by atoms with Crippen molar-refractivity contribution in [2.45, 2.75) is 12.5 Å². The van der Waals surface area contributed by atoms with Gasteiger partial charge in [0.1, 0.15) is 5.75 Å². The third-order valence-electron chi connectivity index (χ3n) is 2.19. The minimum absolute atomic E-state index is 0.0305. The second kappa shape index (κ2) is 5.11. The zero-order chi connectivity index (χ0) is 12.3. The van der Waals surface area contributed by atoms with E-state index in [9.17, 15) is 15.2 Å². The second-order valence-corrected chi connectivity index (χ2v) is 3.68. The molecule has 0 unspecified atom stereocenters. The first-order valence-corrected chi connectivity index (χ1v) is 4.98. The first-order chi connectivity index (χ1) is 7.49. The summed E-state index contributed by atoms with van der Waals surface area (Å²) >= 11 is 5.68. The van der Waals surface area contributed by atoms with Crippen molar-refractivity contribution in [1.29, 1.82) is 0 Å². The van der Waals surface area contributed by atoms with Crippen molar-refractivity contribution >= 4 is 17.3 Å². The van der Waals surface area contributed by atoms with Gasteiger partial charge >= 0.3 is 0 Å². The largest absolute Gasteiger partial charge is 0.506 e. The van der Waals surface area contributed by atoms with Crippen LogP contribution in [-0.2, 0) is 0 Å². The average molecular weight is 246 g/mol. The van der Waals surface area contributed by atoms with Crippen LogP contribution in [0.1, 0.15) is 18.0 Å². The van der Waals surface area contributed by atoms with E-state index in [1.54, 1.807) is 0 Å². The molecular weight excluding hydrogens is 234 g/mol. The van der Waals surface area contributed by atoms with Crippen LogP contribution < -0.4 is 11.5 Å². The highest BCUT2D eigenvalue weighted by atomic mass is 35.5. The van der Waals surface area contributed by atoms with Gasteiger partial charge in [-0.15, -0.1) is 0 Å². The molecule has 0 bridgehead atoms. The van der Waals surface area contributed by atoms with E-state index in [0.717, 1.165) is 0 Å². The smallest absolute Gasteiger partial charge is 0.277 e. The number of aromatic hydroxyl groups is 1. The maximum absolute atomic E-state index is 10.8. The summed E-state index contributed by atoms with van der Waals surface area (Å²) in [4.78, 5) is 10.1. The Bertz CT molecular complexity index is 411. The predicted octanol–water partition coefficient (Wildman–Crippen LogP) is 1.30. The molecule has 0 saturated carbocycles. The maximum atomic E-state index is 10.8. The molecule has 1 aromatic rings. The molecule has 0 aromatic heterocycles. The molecule has 0 aliphatic rings. The Morgan fingerprint density at radius 3 is 2.69 bits per heavy atom. The minimum Gasteiger partial charge on any atom is -0.506 e. The fourth-order valence-corrected chi connectivity index (χ4v) is 1.58. The third-order valence-corrected chi connectivity index (χ3v) is 2.49. The van der Waals surface area contributed by atoms with E-state index in [0.29, 0.717) is 6.42 Å². The number of nitro benzene ring substituents is 1. The summed E-state index contributed by atoms with van der Waals surface area (Å²) in [6.07, 6.45) is 0.328. The van der Waals surface area contributed by atoms with E-state index < -0.39 is 11.0 Å². The summed E-state index contributed by atoms with van der Waals surface area (Å²) in [7, 11) is 0. The van der Waals surface area contributed by atoms with Crippen LogP contribution in [0.5, 0.6) is 5.75 Å². The molecule has 0 spiro atoms. The molecule has 0 aliphatic carbocycles. The number of hydrogen-bond acceptors (Lipinski definition) is 5. The third kappa shape index (κ3) is 2.41. The summed E-state index contributed by atoms with van der Waals surface area (Å²) < 4.78 is 0. The van der Waals surface area contributed by atoms with Crippen molar-refractivity contribution in [3.63, 3.8) is 0 Å². The van der Waals surface area contributed by atoms with Crippen molar-refractivity contribution in [2.24, 2.45) is 11.5 Å². The number of nitro groups is 1. The Labute approximate surface area is 97.0 Å². The van der Waals surface area contributed by atoms with Crippen molar-refractivity contribution in [3.8, 4) is 5.75 Å². The molecular formula is C9H12ClN3O3. The quantitative estimate of drug-likeness (QED) is 0.546. The molecule has 0 saturated heterocycles. The number of phenols is 1. The van der Waals surface area contributed by atoms with E-state index in [1.165, 1.54) is 12.1 Å². The summed E-state index contributed by atoms with van der Waals surface area (Å²) in [5.74, 6) is -0.350. The molecule has 0 heterocycles. The van der Waals surface area contributed by atoms with Crippen LogP contribution in [0.15, 0.2) is 12.1 Å². The Morgan fingerprint density at radius 2 is 2.19 bits per heavy atom. The van der Waals surface area contributed by atoms with Gasteiger partial charge < -0.3 is 16.6 Å². The van der Waals surface area contributed by atoms with Gasteiger partial charge in [-0.1, -0.05) is 11.6 Å². The van der Waals surface area contributed by atoms with Crippen molar-refractivity contribution in [1.82, 2.24) is 0 Å². The highest BCUT2D eigenvalue weighted by molar-refractivity contribution is 6.32. The molecule has 1 atom stereocenters. The van der Waals surface area contributed by atoms with Crippen LogP contribution in [0.4, 0.5) is 5.69 Å². The molecule has 6 nitrogen and oxygen atoms in total. The van der Waals surface area contributed by atoms with Crippen LogP contribution >= 0.6 is 11.6 Å². The number of nitrogens with two attached hydrogens (primary N) is 2. The van der Waals surface area contributed by atoms with Gasteiger partial charge in [0.2, 0.25) is 0 Å². The van der Waals surface area contributed by atoms with E-state index in [2.05, 4.69) is 0 Å². The monoisotopic (exact) mass is 245 g/mol. The van der Waals surface area contributed by atoms with Crippen molar-refractivity contribution in [3.05, 3.63) is 32.8 Å². The van der Waals surface area contributed by atoms with Gasteiger partial charge in [-0.05, 0) is 19.0 Å². The average Bonchev–Trinajstić information content (AvgIpc) is 2.21. The lowest BCUT2D eigenvalue weighted by Gasteiger charge is -2.13. The topological polar surface area (TPSA) is 115 Å². The van der Waals surface area contributed by atoms with Gasteiger partial charge in [-0.3, -0.25) is 10.1 Å². The summed E-state index contributed by atoms with van der Waals surface area (Å²) in [6.45, 7) is 0.268. The molecule has 16 heavy (non-hydrogen) atoms. The summed E-state index contributed by atoms with van der Waals surface area (Å²) in [6, 6.07) is 1.77. The zero-order valence-electron chi connectivity index (χ0n) is 8.39. The highest BCUT2D eigenvalue weighted by Gasteiger charge is 2.24. The van der Waals surface area contributed by atoms with Gasteiger partial charge in [-0.2, -0.15) is 0 Å². The van der Waals surface area contributed by atoms with Crippen LogP contribution in [0.3, 0.4) is 0 Å². The predicted molar refractivity (Wildman–Crippen MR) is 60.4 cm³/mol. The van der Waals surface area contributed by atoms with Gasteiger partial charge in [0.05, 0.1) is 15.5 Å². The Kier molecular flexibility index (Phi) is 4.05. The number of halogens is 1. The highest BCUT2D eigenvalue weighted by Crippen LogP contribution is 2.38. The lowest BCUT2D eigenvalue weighted by atomic mass is 10.0. The first-order valence-electron chi connectivity index (χ1n) is 4.60. The first kappa shape index (κ1) is 12.7. The number of nitrogens with zero attached hydrogens (tertiary/aromatic N) is 1. The number of rotatable bonds is 4. The molecule has 7 heteroatoms. The van der Waals surface area contributed by atoms with E-state index in [1.807, 2.05) is 0 Å². The Balaban J connectivity index is 3.31. The van der Waals surface area contributed by atoms with Crippen molar-refractivity contribution < 1.29 is 10.0 Å². The number of benzene rings is 1. The molecule has 0 aliphatic heterocycles. The molecule has 0 amide bonds. The van der Waals surface area contributed by atoms with Gasteiger partial charge in [0, 0.05) is 12.1 Å². The van der Waals surface area contributed by atoms with Gasteiger partial charge in [-0.25, -0.2) is 0 Å². The fourth-order valence-electron chi connectivity index (χ4n) is 1.42. The standard InChI is InChI=1S/C9H12ClN3O3/c10-5-1-2-7(13(15)16)8(9(5)14)6(12)3-4-11/h1-2,6,14H,3-4,11-12H2/t6-/m0/s1. The molecule has 1 aromatic carbocycles. The molecule has 0 fully saturated rings. The zero-order valence-corrected chi connectivity index (χ0v) is 9.15. The SMILES string of the molecule is NCC[C@H](N)c1c([N+](=O)[O-])ccc(Cl)c1O. The maximum Gasteiger partial charge on any atom is 0.277 e. The minimum atomic E-state index is -0.705. The molecule has 5 N–H and O–H groups in total. The van der Waals surface area contributed by atoms with Crippen molar-refractivity contribution in [2.75, 3.05) is 6.54 Å². The number of phenolic OH excluding ortho intramolecular Hbond substituents is 1. The van der Waals surface area contributed by atoms with Crippen LogP contribution in [0.25, 0.3) is 0 Å². The normalized spacial score (nSPS) is 12.4. The summed E-state index contributed by atoms with van der Waals surface area (Å²) in [5, 5.41) is 20.5. The lowest BCUT2D eigenvalue weighted by molar-refractivity contribution is -0.385. The Hall–Kier alpha value is -1.37. The molecule has 1 rings (SSSR count). The fraction of sp³-hybridized carbons (Fsp3) is 0.333. The van der Waals surface area contributed by atoms with Crippen LogP contribution in [-0.4, -0.2) is 16.6 Å². The van der Waals surface area contributed by atoms with E-state index in [4.69, 9.17) is 23.1 Å². The van der Waals surface area contributed by atoms with Crippen LogP contribution in [0, 0.1) is 10.1 Å². The lowest BCUT2D eigenvalue weighted by Crippen LogP contribution is -2.17. The molecule has 88 valence electrons. The van der Waals surface area contributed by atoms with Crippen LogP contribution in [0.2, 0.25) is 5.02 Å². The number of hydrogen-bond donors (Lipinski definition) is 3. The second-order valence-electron chi connectivity index (χ2n) is 3.27. The van der Waals surface area contributed by atoms with Gasteiger partial charge in [0.25, 0.3) is 5.69 Å². The Morgan fingerprint density at radius 1 is 1.56 bits per heavy atom. The van der Waals surface area contributed by atoms with E-state index in [-0.39, 0.29) is 28.6 Å². The van der Waals surface area contributed by atoms with Gasteiger partial charge in [0.15, 0.2) is 0 Å². The molecule has 0 radical (unpaired) electrons. The summed E-state index contributed by atoms with van der Waals surface area (Å²) in [5.41, 5.74) is 10.8. The van der Waals surface area contributed by atoms with E-state index >= 15 is 0 Å².